The van der Waals surface area contributed by atoms with Gasteiger partial charge in [-0.25, -0.2) is 15.0 Å². The number of carbonyl (C=O) groups excluding carboxylic acids is 3. The van der Waals surface area contributed by atoms with Crippen LogP contribution >= 0.6 is 34.8 Å². The van der Waals surface area contributed by atoms with E-state index < -0.39 is 0 Å². The third kappa shape index (κ3) is 16.9. The van der Waals surface area contributed by atoms with Crippen LogP contribution in [0.5, 0.6) is 0 Å². The first-order valence-corrected chi connectivity index (χ1v) is 33.8. The molecule has 97 heavy (non-hydrogen) atoms. The Bertz CT molecular complexity index is 3860. The average molecular weight is 1380 g/mol. The molecule has 0 saturated carbocycles. The summed E-state index contributed by atoms with van der Waals surface area (Å²) in [5, 5.41) is 20.5. The highest BCUT2D eigenvalue weighted by molar-refractivity contribution is 6.33. The van der Waals surface area contributed by atoms with E-state index in [-0.39, 0.29) is 36.7 Å². The molecule has 3 aromatic heterocycles. The number of carbonyl (C=O) groups is 3. The minimum Gasteiger partial charge on any atom is -0.391 e. The molecule has 1 atom stereocenters. The van der Waals surface area contributed by atoms with Crippen molar-refractivity contribution in [3.8, 4) is 0 Å². The number of benzene rings is 3. The third-order valence-electron chi connectivity index (χ3n) is 18.6. The molecule has 6 aliphatic heterocycles. The predicted molar refractivity (Wildman–Crippen MR) is 392 cm³/mol. The number of piperazine rings is 3. The molecule has 1 unspecified atom stereocenters. The highest BCUT2D eigenvalue weighted by Crippen LogP contribution is 2.37. The maximum Gasteiger partial charge on any atom is 0.246 e. The summed E-state index contributed by atoms with van der Waals surface area (Å²) in [6, 6.07) is 17.7. The van der Waals surface area contributed by atoms with Gasteiger partial charge < -0.3 is 85.8 Å². The van der Waals surface area contributed by atoms with Gasteiger partial charge in [0.05, 0.1) is 49.2 Å². The molecule has 516 valence electrons. The maximum absolute atomic E-state index is 12.7. The highest BCUT2D eigenvalue weighted by atomic mass is 35.5. The number of rotatable bonds is 17. The molecule has 3 aromatic carbocycles. The van der Waals surface area contributed by atoms with Gasteiger partial charge in [-0.2, -0.15) is 15.0 Å². The van der Waals surface area contributed by atoms with Gasteiger partial charge in [-0.15, -0.1) is 0 Å². The van der Waals surface area contributed by atoms with Gasteiger partial charge in [0, 0.05) is 174 Å². The van der Waals surface area contributed by atoms with Crippen LogP contribution in [0.15, 0.2) is 110 Å². The summed E-state index contributed by atoms with van der Waals surface area (Å²) in [5.74, 6) is 4.91. The zero-order chi connectivity index (χ0) is 69.2. The monoisotopic (exact) mass is 1380 g/mol. The van der Waals surface area contributed by atoms with E-state index in [1.54, 1.807) is 75.6 Å². The molecule has 3 amide bonds. The second kappa shape index (κ2) is 32.0. The van der Waals surface area contributed by atoms with Crippen molar-refractivity contribution in [1.29, 1.82) is 0 Å². The number of amides is 3. The summed E-state index contributed by atoms with van der Waals surface area (Å²) in [7, 11) is 12.9. The van der Waals surface area contributed by atoms with Crippen LogP contribution in [0.3, 0.4) is 0 Å². The first-order chi connectivity index (χ1) is 46.6. The van der Waals surface area contributed by atoms with Gasteiger partial charge in [0.2, 0.25) is 35.6 Å². The minimum atomic E-state index is -0.288. The number of likely N-dealkylation sites (N-methyl/N-ethyl adjacent to an activating group) is 5. The van der Waals surface area contributed by atoms with Crippen molar-refractivity contribution < 1.29 is 14.4 Å². The largest absolute Gasteiger partial charge is 0.391 e. The van der Waals surface area contributed by atoms with Crippen molar-refractivity contribution in [2.45, 2.75) is 33.4 Å². The van der Waals surface area contributed by atoms with E-state index >= 15 is 0 Å². The Labute approximate surface area is 584 Å². The van der Waals surface area contributed by atoms with E-state index in [9.17, 15) is 14.4 Å². The lowest BCUT2D eigenvalue weighted by molar-refractivity contribution is -0.121. The first-order valence-electron chi connectivity index (χ1n) is 32.7. The first kappa shape index (κ1) is 70.9. The topological polar surface area (TPSA) is 236 Å². The fourth-order valence-electron chi connectivity index (χ4n) is 12.3. The lowest BCUT2D eigenvalue weighted by Crippen LogP contribution is -2.46. The van der Waals surface area contributed by atoms with Crippen molar-refractivity contribution in [3.63, 3.8) is 0 Å². The predicted octanol–water partition coefficient (Wildman–Crippen LogP) is 7.46. The van der Waals surface area contributed by atoms with Crippen LogP contribution in [0.1, 0.15) is 30.5 Å². The summed E-state index contributed by atoms with van der Waals surface area (Å²) >= 11 is 19.3. The van der Waals surface area contributed by atoms with Crippen molar-refractivity contribution in [1.82, 2.24) is 70.4 Å². The van der Waals surface area contributed by atoms with Gasteiger partial charge in [0.1, 0.15) is 15.1 Å². The van der Waals surface area contributed by atoms with Gasteiger partial charge >= 0.3 is 0 Å². The number of hydrogen-bond acceptors (Lipinski definition) is 23. The second-order valence-electron chi connectivity index (χ2n) is 24.6. The highest BCUT2D eigenvalue weighted by Gasteiger charge is 2.33. The molecule has 6 aromatic rings. The molecule has 6 aliphatic rings. The molecule has 9 heterocycles. The molecule has 3 saturated heterocycles. The number of halogens is 3. The quantitative estimate of drug-likeness (QED) is 0.0520. The number of nitrogens with zero attached hydrogens (tertiary/aromatic N) is 17. The molecule has 26 nitrogen and oxygen atoms in total. The SMILES string of the molecule is C=C(NC)C1Cc2cc(Nc3nc(N4CCN(CC)CC4)ncc3Cl)ccc2N(C)C1=O.C=C(NC)N1CC(=O)N(C)c2ccc(Nc3nc(N4CCN(C)CC4)ncc3Cl)cc2C1.C=C(NC)N1CC(=O)N(C)c2ccc(Nc3nc(N4CCN(CC)CC4)ncc3Cl)cc2C1. The van der Waals surface area contributed by atoms with Crippen LogP contribution < -0.4 is 61.3 Å². The summed E-state index contributed by atoms with van der Waals surface area (Å²) in [5.41, 5.74) is 9.00. The van der Waals surface area contributed by atoms with Gasteiger partial charge in [0.25, 0.3) is 0 Å². The van der Waals surface area contributed by atoms with E-state index in [0.717, 1.165) is 148 Å². The molecule has 12 rings (SSSR count). The smallest absolute Gasteiger partial charge is 0.246 e. The Morgan fingerprint density at radius 2 is 0.825 bits per heavy atom. The fraction of sp³-hybridized carbons (Fsp3) is 0.426. The summed E-state index contributed by atoms with van der Waals surface area (Å²) in [6.45, 7) is 31.4. The summed E-state index contributed by atoms with van der Waals surface area (Å²) in [4.78, 5) is 87.9. The van der Waals surface area contributed by atoms with E-state index in [2.05, 4.69) is 122 Å². The normalized spacial score (nSPS) is 17.7. The molecule has 0 bridgehead atoms. The third-order valence-corrected chi connectivity index (χ3v) is 19.4. The lowest BCUT2D eigenvalue weighted by atomic mass is 9.89. The van der Waals surface area contributed by atoms with Crippen molar-refractivity contribution >= 4 is 122 Å². The van der Waals surface area contributed by atoms with E-state index in [1.165, 1.54) is 0 Å². The van der Waals surface area contributed by atoms with Crippen molar-refractivity contribution in [2.24, 2.45) is 5.92 Å². The van der Waals surface area contributed by atoms with Crippen molar-refractivity contribution in [2.75, 3.05) is 199 Å². The van der Waals surface area contributed by atoms with Gasteiger partial charge in [-0.05, 0) is 97.8 Å². The number of aromatic nitrogens is 6. The van der Waals surface area contributed by atoms with Crippen LogP contribution in [-0.4, -0.2) is 226 Å². The number of nitrogens with one attached hydrogen (secondary N) is 6. The number of hydrogen-bond donors (Lipinski definition) is 6. The maximum atomic E-state index is 12.7. The Hall–Kier alpha value is -8.92. The van der Waals surface area contributed by atoms with Crippen LogP contribution in [0, 0.1) is 5.92 Å². The molecule has 0 aliphatic carbocycles. The lowest BCUT2D eigenvalue weighted by Gasteiger charge is -2.34. The van der Waals surface area contributed by atoms with Crippen LogP contribution in [-0.2, 0) is 33.9 Å². The van der Waals surface area contributed by atoms with Crippen molar-refractivity contribution in [3.05, 3.63) is 142 Å². The fourth-order valence-corrected chi connectivity index (χ4v) is 12.7. The minimum absolute atomic E-state index is 0.0107. The molecule has 0 spiro atoms. The average Bonchev–Trinajstić information content (AvgIpc) is 0.868. The van der Waals surface area contributed by atoms with Gasteiger partial charge in [-0.3, -0.25) is 14.4 Å². The molecular weight excluding hydrogens is 1290 g/mol. The molecule has 6 N–H and O–H groups in total. The van der Waals surface area contributed by atoms with Gasteiger partial charge in [-0.1, -0.05) is 68.4 Å². The van der Waals surface area contributed by atoms with E-state index in [0.29, 0.717) is 81.5 Å². The molecule has 0 radical (unpaired) electrons. The van der Waals surface area contributed by atoms with Crippen LogP contribution in [0.4, 0.5) is 69.4 Å². The van der Waals surface area contributed by atoms with Gasteiger partial charge in [0.15, 0.2) is 17.5 Å². The zero-order valence-electron chi connectivity index (χ0n) is 57.0. The summed E-state index contributed by atoms with van der Waals surface area (Å²) < 4.78 is 0. The second-order valence-corrected chi connectivity index (χ2v) is 25.8. The molecular formula is C68H90Cl3N23O3. The van der Waals surface area contributed by atoms with Crippen LogP contribution in [0.2, 0.25) is 15.1 Å². The Kier molecular flexibility index (Phi) is 23.4. The van der Waals surface area contributed by atoms with Crippen LogP contribution in [0.25, 0.3) is 0 Å². The van der Waals surface area contributed by atoms with E-state index in [1.807, 2.05) is 64.4 Å². The Balaban J connectivity index is 0.000000158. The standard InChI is InChI=1S/C23H31ClN8O.C23H30ClN7O.C22H29ClN8O/c1-5-30-8-10-31(11-9-30)23-26-13-19(24)22(28-23)27-18-6-7-20-17(12-18)14-32(16(2)25-3)15-21(33)29(20)4;1-5-30-8-10-31(11-9-30)23-26-14-19(24)21(28-23)27-17-6-7-20-16(12-17)13-18(15(2)25-3)22(32)29(20)4;1-15(24-2)31-13-16-11-17(5-6-19(16)29(4)20(32)14-31)26-21-18(23)12-25-22(27-21)30-9-7-28(3)8-10-30/h6-7,12-13,25H,2,5,8-11,14-15H2,1,3-4H3,(H,26,27,28);6-7,12,14,18,25H,2,5,8-11,13H2,1,3-4H3,(H,26,27,28);5-6,11-12,24H,1,7-10,13-14H2,2-4H3,(H,25,26,27). The Morgan fingerprint density at radius 1 is 0.474 bits per heavy atom. The number of fused-ring (bicyclic) bond motifs is 3. The molecule has 3 fully saturated rings. The number of anilines is 12. The summed E-state index contributed by atoms with van der Waals surface area (Å²) in [6.07, 6.45) is 5.53. The Morgan fingerprint density at radius 3 is 1.18 bits per heavy atom. The zero-order valence-corrected chi connectivity index (χ0v) is 59.3. The van der Waals surface area contributed by atoms with E-state index in [4.69, 9.17) is 44.8 Å². The molecule has 29 heteroatoms.